The van der Waals surface area contributed by atoms with Crippen molar-refractivity contribution in [2.45, 2.75) is 32.5 Å². The molecule has 0 aromatic carbocycles. The van der Waals surface area contributed by atoms with Gasteiger partial charge >= 0.3 is 6.01 Å². The Bertz CT molecular complexity index is 412. The van der Waals surface area contributed by atoms with Crippen LogP contribution in [0.15, 0.2) is 12.3 Å². The van der Waals surface area contributed by atoms with E-state index in [1.165, 1.54) is 0 Å². The molecule has 6 nitrogen and oxygen atoms in total. The topological polar surface area (TPSA) is 65.5 Å². The molecular weight excluding hydrogens is 246 g/mol. The Labute approximate surface area is 113 Å². The number of morpholine rings is 1. The molecule has 1 N–H and O–H groups in total. The van der Waals surface area contributed by atoms with Crippen molar-refractivity contribution >= 4 is 0 Å². The van der Waals surface area contributed by atoms with Gasteiger partial charge in [-0.15, -0.1) is 0 Å². The number of nitrogens with one attached hydrogen (secondary N) is 1. The fraction of sp³-hybridized carbons (Fsp3) is 0.692. The highest BCUT2D eigenvalue weighted by Gasteiger charge is 2.28. The van der Waals surface area contributed by atoms with E-state index in [2.05, 4.69) is 29.1 Å². The second kappa shape index (κ2) is 6.16. The Hall–Kier alpha value is -1.40. The largest absolute Gasteiger partial charge is 0.478 e. The molecule has 2 rings (SSSR count). The summed E-state index contributed by atoms with van der Waals surface area (Å²) in [6.07, 6.45) is 1.63. The van der Waals surface area contributed by atoms with E-state index in [0.717, 1.165) is 13.1 Å². The number of hydrogen-bond donors (Lipinski definition) is 1. The molecule has 1 aromatic heterocycles. The van der Waals surface area contributed by atoms with Crippen molar-refractivity contribution in [1.82, 2.24) is 15.3 Å². The maximum atomic E-state index is 5.90. The van der Waals surface area contributed by atoms with Gasteiger partial charge in [-0.25, -0.2) is 4.98 Å². The fourth-order valence-corrected chi connectivity index (χ4v) is 1.95. The van der Waals surface area contributed by atoms with Crippen LogP contribution in [-0.2, 0) is 4.74 Å². The van der Waals surface area contributed by atoms with Gasteiger partial charge in [0.2, 0.25) is 5.88 Å². The Balaban J connectivity index is 1.86. The average molecular weight is 267 g/mol. The van der Waals surface area contributed by atoms with Crippen LogP contribution >= 0.6 is 0 Å². The van der Waals surface area contributed by atoms with Gasteiger partial charge in [0.1, 0.15) is 12.7 Å². The van der Waals surface area contributed by atoms with Crippen LogP contribution in [0.1, 0.15) is 20.8 Å². The van der Waals surface area contributed by atoms with Gasteiger partial charge in [-0.3, -0.25) is 0 Å². The number of aromatic nitrogens is 2. The number of nitrogens with zero attached hydrogens (tertiary/aromatic N) is 2. The van der Waals surface area contributed by atoms with Crippen molar-refractivity contribution in [3.05, 3.63) is 12.3 Å². The molecule has 0 bridgehead atoms. The van der Waals surface area contributed by atoms with Crippen molar-refractivity contribution in [3.8, 4) is 11.9 Å². The lowest BCUT2D eigenvalue weighted by atomic mass is 10.1. The monoisotopic (exact) mass is 267 g/mol. The molecule has 1 saturated heterocycles. The Morgan fingerprint density at radius 2 is 2.32 bits per heavy atom. The second-order valence-electron chi connectivity index (χ2n) is 5.05. The average Bonchev–Trinajstić information content (AvgIpc) is 2.36. The maximum Gasteiger partial charge on any atom is 0.319 e. The molecule has 1 atom stereocenters. The first-order valence-corrected chi connectivity index (χ1v) is 6.56. The van der Waals surface area contributed by atoms with Crippen LogP contribution in [0.25, 0.3) is 0 Å². The van der Waals surface area contributed by atoms with E-state index in [9.17, 15) is 0 Å². The number of rotatable bonds is 5. The molecule has 1 fully saturated rings. The SMILES string of the molecule is CCOc1ccnc(OCC2CNCC(C)(C)O2)n1. The lowest BCUT2D eigenvalue weighted by Crippen LogP contribution is -2.52. The molecule has 19 heavy (non-hydrogen) atoms. The Kier molecular flexibility index (Phi) is 4.55. The molecule has 0 aliphatic carbocycles. The van der Waals surface area contributed by atoms with Crippen LogP contribution < -0.4 is 14.8 Å². The maximum absolute atomic E-state index is 5.90. The van der Waals surface area contributed by atoms with Crippen LogP contribution in [0.4, 0.5) is 0 Å². The van der Waals surface area contributed by atoms with Crippen molar-refractivity contribution in [2.24, 2.45) is 0 Å². The summed E-state index contributed by atoms with van der Waals surface area (Å²) in [4.78, 5) is 8.20. The summed E-state index contributed by atoms with van der Waals surface area (Å²) in [5.41, 5.74) is -0.166. The summed E-state index contributed by atoms with van der Waals surface area (Å²) in [6.45, 7) is 8.63. The standard InChI is InChI=1S/C13H21N3O3/c1-4-17-11-5-6-15-12(16-11)18-8-10-7-14-9-13(2,3)19-10/h5-6,10,14H,4,7-9H2,1-3H3. The minimum Gasteiger partial charge on any atom is -0.478 e. The molecular formula is C13H21N3O3. The molecule has 1 unspecified atom stereocenters. The highest BCUT2D eigenvalue weighted by atomic mass is 16.6. The molecule has 1 aromatic rings. The van der Waals surface area contributed by atoms with Gasteiger partial charge in [-0.05, 0) is 20.8 Å². The summed E-state index contributed by atoms with van der Waals surface area (Å²) in [5, 5.41) is 3.32. The third-order valence-electron chi connectivity index (χ3n) is 2.71. The van der Waals surface area contributed by atoms with Gasteiger partial charge in [0.25, 0.3) is 0 Å². The second-order valence-corrected chi connectivity index (χ2v) is 5.05. The molecule has 6 heteroatoms. The first-order valence-electron chi connectivity index (χ1n) is 6.56. The van der Waals surface area contributed by atoms with E-state index in [1.54, 1.807) is 12.3 Å². The molecule has 0 saturated carbocycles. The van der Waals surface area contributed by atoms with Crippen LogP contribution in [0.3, 0.4) is 0 Å². The zero-order valence-electron chi connectivity index (χ0n) is 11.7. The predicted molar refractivity (Wildman–Crippen MR) is 70.5 cm³/mol. The van der Waals surface area contributed by atoms with Gasteiger partial charge in [0.05, 0.1) is 12.2 Å². The summed E-state index contributed by atoms with van der Waals surface area (Å²) in [6, 6.07) is 2.02. The van der Waals surface area contributed by atoms with Crippen LogP contribution in [-0.4, -0.2) is 48.0 Å². The third-order valence-corrected chi connectivity index (χ3v) is 2.71. The summed E-state index contributed by atoms with van der Waals surface area (Å²) >= 11 is 0. The third kappa shape index (κ3) is 4.33. The van der Waals surface area contributed by atoms with Crippen molar-refractivity contribution in [2.75, 3.05) is 26.3 Å². The highest BCUT2D eigenvalue weighted by Crippen LogP contribution is 2.16. The molecule has 1 aliphatic rings. The summed E-state index contributed by atoms with van der Waals surface area (Å²) in [5.74, 6) is 0.524. The van der Waals surface area contributed by atoms with E-state index in [1.807, 2.05) is 6.92 Å². The van der Waals surface area contributed by atoms with Crippen LogP contribution in [0.5, 0.6) is 11.9 Å². The van der Waals surface area contributed by atoms with Crippen molar-refractivity contribution in [1.29, 1.82) is 0 Å². The smallest absolute Gasteiger partial charge is 0.319 e. The fourth-order valence-electron chi connectivity index (χ4n) is 1.95. The normalized spacial score (nSPS) is 21.9. The van der Waals surface area contributed by atoms with Crippen LogP contribution in [0, 0.1) is 0 Å². The van der Waals surface area contributed by atoms with Gasteiger partial charge in [0, 0.05) is 25.4 Å². The molecule has 2 heterocycles. The van der Waals surface area contributed by atoms with Crippen molar-refractivity contribution < 1.29 is 14.2 Å². The lowest BCUT2D eigenvalue weighted by molar-refractivity contribution is -0.107. The van der Waals surface area contributed by atoms with Gasteiger partial charge in [-0.2, -0.15) is 4.98 Å². The van der Waals surface area contributed by atoms with Gasteiger partial charge in [0.15, 0.2) is 0 Å². The first kappa shape index (κ1) is 14.0. The Morgan fingerprint density at radius 1 is 1.47 bits per heavy atom. The molecule has 0 radical (unpaired) electrons. The minimum absolute atomic E-state index is 0.00287. The summed E-state index contributed by atoms with van der Waals surface area (Å²) < 4.78 is 16.8. The molecule has 1 aliphatic heterocycles. The van der Waals surface area contributed by atoms with E-state index < -0.39 is 0 Å². The quantitative estimate of drug-likeness (QED) is 0.859. The van der Waals surface area contributed by atoms with Gasteiger partial charge in [-0.1, -0.05) is 0 Å². The van der Waals surface area contributed by atoms with Gasteiger partial charge < -0.3 is 19.5 Å². The van der Waals surface area contributed by atoms with Crippen molar-refractivity contribution in [3.63, 3.8) is 0 Å². The molecule has 0 spiro atoms. The van der Waals surface area contributed by atoms with E-state index in [-0.39, 0.29) is 11.7 Å². The molecule has 106 valence electrons. The number of hydrogen-bond acceptors (Lipinski definition) is 6. The van der Waals surface area contributed by atoms with E-state index in [4.69, 9.17) is 14.2 Å². The first-order chi connectivity index (χ1) is 9.09. The number of ether oxygens (including phenoxy) is 3. The lowest BCUT2D eigenvalue weighted by Gasteiger charge is -2.36. The van der Waals surface area contributed by atoms with E-state index in [0.29, 0.717) is 25.1 Å². The molecule has 0 amide bonds. The van der Waals surface area contributed by atoms with Crippen LogP contribution in [0.2, 0.25) is 0 Å². The van der Waals surface area contributed by atoms with E-state index >= 15 is 0 Å². The summed E-state index contributed by atoms with van der Waals surface area (Å²) in [7, 11) is 0. The highest BCUT2D eigenvalue weighted by molar-refractivity contribution is 5.11. The zero-order chi connectivity index (χ0) is 13.7. The zero-order valence-corrected chi connectivity index (χ0v) is 11.7. The minimum atomic E-state index is -0.166. The Morgan fingerprint density at radius 3 is 3.05 bits per heavy atom. The predicted octanol–water partition coefficient (Wildman–Crippen LogP) is 1.02.